The van der Waals surface area contributed by atoms with E-state index in [2.05, 4.69) is 0 Å². The van der Waals surface area contributed by atoms with E-state index in [1.807, 2.05) is 13.8 Å². The number of hydrogen-bond donors (Lipinski definition) is 1. The van der Waals surface area contributed by atoms with Gasteiger partial charge in [-0.1, -0.05) is 13.8 Å². The van der Waals surface area contributed by atoms with E-state index in [1.165, 1.54) is 4.31 Å². The van der Waals surface area contributed by atoms with Gasteiger partial charge in [0.05, 0.1) is 5.75 Å². The highest BCUT2D eigenvalue weighted by molar-refractivity contribution is 7.89. The largest absolute Gasteiger partial charge is 0.396 e. The van der Waals surface area contributed by atoms with Crippen LogP contribution < -0.4 is 0 Å². The first-order chi connectivity index (χ1) is 6.58. The Balaban J connectivity index is 4.29. The average Bonchev–Trinajstić information content (AvgIpc) is 2.14. The molecule has 0 aromatic carbocycles. The second-order valence-corrected chi connectivity index (χ2v) is 5.38. The van der Waals surface area contributed by atoms with E-state index in [0.29, 0.717) is 19.5 Å². The van der Waals surface area contributed by atoms with E-state index in [1.54, 1.807) is 0 Å². The van der Waals surface area contributed by atoms with Crippen molar-refractivity contribution in [2.45, 2.75) is 33.1 Å². The van der Waals surface area contributed by atoms with Crippen LogP contribution in [-0.4, -0.2) is 43.3 Å². The van der Waals surface area contributed by atoms with Gasteiger partial charge in [0.2, 0.25) is 10.0 Å². The maximum absolute atomic E-state index is 11.7. The van der Waals surface area contributed by atoms with Crippen LogP contribution in [0.25, 0.3) is 0 Å². The summed E-state index contributed by atoms with van der Waals surface area (Å²) in [6.07, 6.45) is 1.99. The van der Waals surface area contributed by atoms with Gasteiger partial charge in [0.25, 0.3) is 0 Å². The lowest BCUT2D eigenvalue weighted by Gasteiger charge is -2.20. The molecule has 4 nitrogen and oxygen atoms in total. The summed E-state index contributed by atoms with van der Waals surface area (Å²) in [6, 6.07) is 0. The minimum atomic E-state index is -3.14. The summed E-state index contributed by atoms with van der Waals surface area (Å²) < 4.78 is 24.9. The number of aliphatic hydroxyl groups is 1. The summed E-state index contributed by atoms with van der Waals surface area (Å²) in [4.78, 5) is 0. The Hall–Kier alpha value is -0.130. The van der Waals surface area contributed by atoms with Crippen molar-refractivity contribution in [3.63, 3.8) is 0 Å². The quantitative estimate of drug-likeness (QED) is 0.663. The maximum atomic E-state index is 11.7. The lowest BCUT2D eigenvalue weighted by molar-refractivity contribution is 0.293. The maximum Gasteiger partial charge on any atom is 0.214 e. The van der Waals surface area contributed by atoms with Gasteiger partial charge in [-0.3, -0.25) is 0 Å². The molecule has 0 rings (SSSR count). The first-order valence-corrected chi connectivity index (χ1v) is 6.78. The van der Waals surface area contributed by atoms with Crippen molar-refractivity contribution in [2.75, 3.05) is 25.4 Å². The summed E-state index contributed by atoms with van der Waals surface area (Å²) in [6.45, 7) is 5.03. The molecular weight excluding hydrogens is 202 g/mol. The second-order valence-electron chi connectivity index (χ2n) is 3.29. The minimum absolute atomic E-state index is 0.0590. The van der Waals surface area contributed by atoms with Crippen molar-refractivity contribution in [1.82, 2.24) is 4.31 Å². The third-order valence-corrected chi connectivity index (χ3v) is 3.86. The molecule has 0 aromatic heterocycles. The third-order valence-electron chi connectivity index (χ3n) is 1.90. The predicted molar refractivity (Wildman–Crippen MR) is 57.6 cm³/mol. The van der Waals surface area contributed by atoms with Crippen LogP contribution in [0.4, 0.5) is 0 Å². The molecule has 0 saturated carbocycles. The number of nitrogens with zero attached hydrogens (tertiary/aromatic N) is 1. The molecule has 14 heavy (non-hydrogen) atoms. The van der Waals surface area contributed by atoms with Crippen molar-refractivity contribution in [3.8, 4) is 0 Å². The fourth-order valence-electron chi connectivity index (χ4n) is 1.26. The van der Waals surface area contributed by atoms with Crippen LogP contribution in [0.2, 0.25) is 0 Å². The van der Waals surface area contributed by atoms with Gasteiger partial charge in [-0.05, 0) is 19.3 Å². The first-order valence-electron chi connectivity index (χ1n) is 5.17. The molecule has 0 aliphatic rings. The topological polar surface area (TPSA) is 57.6 Å². The zero-order valence-electron chi connectivity index (χ0n) is 9.07. The molecule has 86 valence electrons. The zero-order chi connectivity index (χ0) is 11.0. The molecule has 0 spiro atoms. The lowest BCUT2D eigenvalue weighted by Crippen LogP contribution is -2.34. The number of sulfonamides is 1. The molecule has 0 radical (unpaired) electrons. The molecule has 0 aliphatic heterocycles. The van der Waals surface area contributed by atoms with E-state index >= 15 is 0 Å². The SMILES string of the molecule is CCCN(CCC)S(=O)(=O)CCCO. The molecule has 0 saturated heterocycles. The lowest BCUT2D eigenvalue weighted by atomic mass is 10.4. The summed E-state index contributed by atoms with van der Waals surface area (Å²) in [7, 11) is -3.14. The Labute approximate surface area is 87.0 Å². The molecule has 0 unspecified atom stereocenters. The van der Waals surface area contributed by atoms with Gasteiger partial charge in [0.1, 0.15) is 0 Å². The minimum Gasteiger partial charge on any atom is -0.396 e. The molecule has 5 heteroatoms. The van der Waals surface area contributed by atoms with Crippen LogP contribution in [0.1, 0.15) is 33.1 Å². The van der Waals surface area contributed by atoms with E-state index < -0.39 is 10.0 Å². The number of aliphatic hydroxyl groups excluding tert-OH is 1. The average molecular weight is 223 g/mol. The predicted octanol–water partition coefficient (Wildman–Crippen LogP) is 0.821. The third kappa shape index (κ3) is 4.93. The fourth-order valence-corrected chi connectivity index (χ4v) is 2.94. The van der Waals surface area contributed by atoms with Crippen molar-refractivity contribution in [1.29, 1.82) is 0 Å². The number of rotatable bonds is 8. The van der Waals surface area contributed by atoms with Crippen LogP contribution in [0.5, 0.6) is 0 Å². The molecule has 1 N–H and O–H groups in total. The van der Waals surface area contributed by atoms with E-state index in [-0.39, 0.29) is 12.4 Å². The van der Waals surface area contributed by atoms with Gasteiger partial charge in [0.15, 0.2) is 0 Å². The highest BCUT2D eigenvalue weighted by Crippen LogP contribution is 2.05. The molecule has 0 aromatic rings. The zero-order valence-corrected chi connectivity index (χ0v) is 9.89. The Morgan fingerprint density at radius 3 is 2.00 bits per heavy atom. The monoisotopic (exact) mass is 223 g/mol. The Morgan fingerprint density at radius 1 is 1.14 bits per heavy atom. The molecule has 0 bridgehead atoms. The Kier molecular flexibility index (Phi) is 7.13. The molecule has 0 amide bonds. The normalized spacial score (nSPS) is 12.3. The van der Waals surface area contributed by atoms with E-state index in [9.17, 15) is 8.42 Å². The first kappa shape index (κ1) is 13.9. The van der Waals surface area contributed by atoms with Gasteiger partial charge < -0.3 is 5.11 Å². The van der Waals surface area contributed by atoms with Crippen LogP contribution in [0.3, 0.4) is 0 Å². The van der Waals surface area contributed by atoms with Gasteiger partial charge in [-0.25, -0.2) is 12.7 Å². The summed E-state index contributed by atoms with van der Waals surface area (Å²) in [5.41, 5.74) is 0. The van der Waals surface area contributed by atoms with E-state index in [0.717, 1.165) is 12.8 Å². The summed E-state index contributed by atoms with van der Waals surface area (Å²) >= 11 is 0. The molecule has 0 aliphatic carbocycles. The molecule has 0 atom stereocenters. The number of hydrogen-bond acceptors (Lipinski definition) is 3. The van der Waals surface area contributed by atoms with E-state index in [4.69, 9.17) is 5.11 Å². The Morgan fingerprint density at radius 2 is 1.64 bits per heavy atom. The molecular formula is C9H21NO3S. The van der Waals surface area contributed by atoms with Gasteiger partial charge in [-0.15, -0.1) is 0 Å². The van der Waals surface area contributed by atoms with Gasteiger partial charge in [0, 0.05) is 19.7 Å². The summed E-state index contributed by atoms with van der Waals surface area (Å²) in [5.74, 6) is 0.0590. The van der Waals surface area contributed by atoms with Crippen LogP contribution in [-0.2, 0) is 10.0 Å². The fraction of sp³-hybridized carbons (Fsp3) is 1.00. The molecule has 0 fully saturated rings. The standard InChI is InChI=1S/C9H21NO3S/c1-3-6-10(7-4-2)14(12,13)9-5-8-11/h11H,3-9H2,1-2H3. The van der Waals surface area contributed by atoms with Crippen molar-refractivity contribution >= 4 is 10.0 Å². The van der Waals surface area contributed by atoms with Crippen molar-refractivity contribution < 1.29 is 13.5 Å². The van der Waals surface area contributed by atoms with Crippen molar-refractivity contribution in [2.24, 2.45) is 0 Å². The van der Waals surface area contributed by atoms with Crippen LogP contribution in [0, 0.1) is 0 Å². The van der Waals surface area contributed by atoms with Crippen LogP contribution >= 0.6 is 0 Å². The van der Waals surface area contributed by atoms with Crippen molar-refractivity contribution in [3.05, 3.63) is 0 Å². The highest BCUT2D eigenvalue weighted by Gasteiger charge is 2.19. The smallest absolute Gasteiger partial charge is 0.214 e. The summed E-state index contributed by atoms with van der Waals surface area (Å²) in [5, 5.41) is 8.59. The molecule has 0 heterocycles. The Bertz CT molecular complexity index is 220. The van der Waals surface area contributed by atoms with Gasteiger partial charge >= 0.3 is 0 Å². The van der Waals surface area contributed by atoms with Gasteiger partial charge in [-0.2, -0.15) is 0 Å². The van der Waals surface area contributed by atoms with Crippen LogP contribution in [0.15, 0.2) is 0 Å². The second kappa shape index (κ2) is 7.20. The highest BCUT2D eigenvalue weighted by atomic mass is 32.2.